The molecule has 1 aliphatic heterocycles. The minimum absolute atomic E-state index is 0.0431. The highest BCUT2D eigenvalue weighted by molar-refractivity contribution is 5.99. The number of piperazine rings is 1. The smallest absolute Gasteiger partial charge is 0.352 e. The van der Waals surface area contributed by atoms with Gasteiger partial charge in [-0.1, -0.05) is 18.2 Å². The number of aromatic amines is 1. The van der Waals surface area contributed by atoms with Crippen LogP contribution >= 0.6 is 0 Å². The fourth-order valence-electron chi connectivity index (χ4n) is 3.95. The molecule has 1 fully saturated rings. The van der Waals surface area contributed by atoms with Crippen molar-refractivity contribution in [3.63, 3.8) is 0 Å². The fraction of sp³-hybridized carbons (Fsp3) is 0.364. The first kappa shape index (κ1) is 20.8. The van der Waals surface area contributed by atoms with Gasteiger partial charge < -0.3 is 20.3 Å². The number of hydrogen-bond donors (Lipinski definition) is 3. The first-order valence-electron chi connectivity index (χ1n) is 10.5. The average molecular weight is 422 g/mol. The molecule has 31 heavy (non-hydrogen) atoms. The summed E-state index contributed by atoms with van der Waals surface area (Å²) in [6.45, 7) is 5.10. The summed E-state index contributed by atoms with van der Waals surface area (Å²) >= 11 is 0. The van der Waals surface area contributed by atoms with Gasteiger partial charge in [0, 0.05) is 61.6 Å². The lowest BCUT2D eigenvalue weighted by Gasteiger charge is -2.34. The van der Waals surface area contributed by atoms with Crippen LogP contribution in [0.1, 0.15) is 22.5 Å². The topological polar surface area (TPSA) is 114 Å². The monoisotopic (exact) mass is 422 g/mol. The average Bonchev–Trinajstić information content (AvgIpc) is 3.16. The number of para-hydroxylation sites is 1. The summed E-state index contributed by atoms with van der Waals surface area (Å²) in [6, 6.07) is 9.14. The van der Waals surface area contributed by atoms with Crippen LogP contribution in [0.25, 0.3) is 10.9 Å². The highest BCUT2D eigenvalue weighted by Gasteiger charge is 2.20. The number of aromatic nitrogens is 3. The minimum Gasteiger partial charge on any atom is -0.477 e. The number of anilines is 1. The maximum atomic E-state index is 12.4. The van der Waals surface area contributed by atoms with Crippen molar-refractivity contribution in [1.29, 1.82) is 0 Å². The third kappa shape index (κ3) is 5.00. The second kappa shape index (κ2) is 9.57. The zero-order valence-electron chi connectivity index (χ0n) is 17.3. The Hall–Kier alpha value is -3.46. The molecule has 1 aromatic carbocycles. The molecule has 9 nitrogen and oxygen atoms in total. The highest BCUT2D eigenvalue weighted by Crippen LogP contribution is 2.23. The molecule has 0 unspecified atom stereocenters. The summed E-state index contributed by atoms with van der Waals surface area (Å²) in [6.07, 6.45) is 4.40. The molecule has 162 valence electrons. The van der Waals surface area contributed by atoms with Gasteiger partial charge in [-0.2, -0.15) is 0 Å². The van der Waals surface area contributed by atoms with Crippen LogP contribution in [0.4, 0.5) is 5.95 Å². The van der Waals surface area contributed by atoms with Crippen molar-refractivity contribution in [1.82, 2.24) is 25.2 Å². The molecule has 0 spiro atoms. The third-order valence-electron chi connectivity index (χ3n) is 5.55. The van der Waals surface area contributed by atoms with Gasteiger partial charge in [0.2, 0.25) is 11.9 Å². The first-order valence-corrected chi connectivity index (χ1v) is 10.5. The number of benzene rings is 1. The number of carbonyl (C=O) groups is 2. The van der Waals surface area contributed by atoms with Crippen LogP contribution in [-0.2, 0) is 11.2 Å². The molecule has 0 radical (unpaired) electrons. The summed E-state index contributed by atoms with van der Waals surface area (Å²) in [4.78, 5) is 40.0. The Balaban J connectivity index is 1.22. The van der Waals surface area contributed by atoms with Crippen molar-refractivity contribution in [2.24, 2.45) is 0 Å². The van der Waals surface area contributed by atoms with E-state index < -0.39 is 5.97 Å². The summed E-state index contributed by atoms with van der Waals surface area (Å²) in [5.74, 6) is -0.454. The number of rotatable bonds is 8. The Labute approximate surface area is 180 Å². The van der Waals surface area contributed by atoms with Crippen molar-refractivity contribution < 1.29 is 14.7 Å². The summed E-state index contributed by atoms with van der Waals surface area (Å²) in [5.41, 5.74) is 1.33. The molecule has 3 aromatic rings. The number of aromatic carboxylic acids is 1. The molecule has 0 atom stereocenters. The molecular formula is C22H26N6O3. The van der Waals surface area contributed by atoms with Gasteiger partial charge in [0.05, 0.1) is 6.42 Å². The predicted octanol–water partition coefficient (Wildman–Crippen LogP) is 1.53. The summed E-state index contributed by atoms with van der Waals surface area (Å²) in [7, 11) is 0. The van der Waals surface area contributed by atoms with E-state index in [1.807, 2.05) is 30.3 Å². The Morgan fingerprint density at radius 1 is 1.06 bits per heavy atom. The number of hydrogen-bond acceptors (Lipinski definition) is 6. The fourth-order valence-corrected chi connectivity index (χ4v) is 3.95. The molecule has 1 saturated heterocycles. The van der Waals surface area contributed by atoms with E-state index in [0.29, 0.717) is 12.1 Å². The Kier molecular flexibility index (Phi) is 6.42. The minimum atomic E-state index is -1.06. The number of carboxylic acids is 1. The van der Waals surface area contributed by atoms with Crippen molar-refractivity contribution in [2.45, 2.75) is 12.8 Å². The van der Waals surface area contributed by atoms with Gasteiger partial charge >= 0.3 is 5.97 Å². The quantitative estimate of drug-likeness (QED) is 0.472. The molecular weight excluding hydrogens is 396 g/mol. The van der Waals surface area contributed by atoms with Crippen LogP contribution in [0.2, 0.25) is 0 Å². The van der Waals surface area contributed by atoms with Crippen LogP contribution < -0.4 is 10.2 Å². The molecule has 0 bridgehead atoms. The number of carboxylic acid groups (broad SMARTS) is 1. The van der Waals surface area contributed by atoms with Crippen LogP contribution in [0.5, 0.6) is 0 Å². The van der Waals surface area contributed by atoms with E-state index in [4.69, 9.17) is 0 Å². The van der Waals surface area contributed by atoms with E-state index in [1.54, 1.807) is 12.4 Å². The standard InChI is InChI=1S/C22H26N6O3/c29-19(15-17-16-5-1-2-6-18(16)26-20(17)21(30)31)23-9-4-10-27-11-13-28(14-12-27)22-24-7-3-8-25-22/h1-3,5-8,26H,4,9-15H2,(H,23,29)(H,30,31). The van der Waals surface area contributed by atoms with Crippen LogP contribution in [0.3, 0.4) is 0 Å². The SMILES string of the molecule is O=C(Cc1c(C(=O)O)[nH]c2ccccc12)NCCCN1CCN(c2ncccn2)CC1. The molecule has 0 aliphatic carbocycles. The zero-order chi connectivity index (χ0) is 21.6. The molecule has 0 saturated carbocycles. The van der Waals surface area contributed by atoms with Gasteiger partial charge in [-0.3, -0.25) is 9.69 Å². The largest absolute Gasteiger partial charge is 0.477 e. The van der Waals surface area contributed by atoms with Crippen molar-refractivity contribution in [2.75, 3.05) is 44.2 Å². The second-order valence-electron chi connectivity index (χ2n) is 7.59. The van der Waals surface area contributed by atoms with Gasteiger partial charge in [-0.05, 0) is 25.1 Å². The van der Waals surface area contributed by atoms with E-state index in [-0.39, 0.29) is 18.0 Å². The second-order valence-corrected chi connectivity index (χ2v) is 7.59. The number of amides is 1. The Bertz CT molecular complexity index is 1040. The zero-order valence-corrected chi connectivity index (χ0v) is 17.3. The molecule has 1 aliphatic rings. The highest BCUT2D eigenvalue weighted by atomic mass is 16.4. The van der Waals surface area contributed by atoms with E-state index >= 15 is 0 Å². The Morgan fingerprint density at radius 2 is 1.81 bits per heavy atom. The number of nitrogens with one attached hydrogen (secondary N) is 2. The Morgan fingerprint density at radius 3 is 2.55 bits per heavy atom. The van der Waals surface area contributed by atoms with Crippen molar-refractivity contribution in [3.05, 3.63) is 54.0 Å². The van der Waals surface area contributed by atoms with Gasteiger partial charge in [-0.25, -0.2) is 14.8 Å². The lowest BCUT2D eigenvalue weighted by atomic mass is 10.1. The summed E-state index contributed by atoms with van der Waals surface area (Å²) in [5, 5.41) is 13.1. The van der Waals surface area contributed by atoms with E-state index in [0.717, 1.165) is 56.0 Å². The van der Waals surface area contributed by atoms with E-state index in [1.165, 1.54) is 0 Å². The molecule has 9 heteroatoms. The van der Waals surface area contributed by atoms with Gasteiger partial charge in [0.25, 0.3) is 0 Å². The predicted molar refractivity (Wildman–Crippen MR) is 117 cm³/mol. The maximum Gasteiger partial charge on any atom is 0.352 e. The molecule has 1 amide bonds. The van der Waals surface area contributed by atoms with Crippen molar-refractivity contribution in [3.8, 4) is 0 Å². The van der Waals surface area contributed by atoms with E-state index in [2.05, 4.69) is 30.1 Å². The first-order chi connectivity index (χ1) is 15.1. The lowest BCUT2D eigenvalue weighted by molar-refractivity contribution is -0.120. The van der Waals surface area contributed by atoms with Gasteiger partial charge in [0.15, 0.2) is 0 Å². The number of carbonyl (C=O) groups excluding carboxylic acids is 1. The maximum absolute atomic E-state index is 12.4. The van der Waals surface area contributed by atoms with Crippen LogP contribution in [-0.4, -0.2) is 76.1 Å². The number of nitrogens with zero attached hydrogens (tertiary/aromatic N) is 4. The third-order valence-corrected chi connectivity index (χ3v) is 5.55. The number of fused-ring (bicyclic) bond motifs is 1. The molecule has 4 rings (SSSR count). The van der Waals surface area contributed by atoms with Crippen molar-refractivity contribution >= 4 is 28.7 Å². The normalized spacial score (nSPS) is 14.6. The van der Waals surface area contributed by atoms with Gasteiger partial charge in [-0.15, -0.1) is 0 Å². The van der Waals surface area contributed by atoms with Crippen LogP contribution in [0.15, 0.2) is 42.7 Å². The van der Waals surface area contributed by atoms with E-state index in [9.17, 15) is 14.7 Å². The summed E-state index contributed by atoms with van der Waals surface area (Å²) < 4.78 is 0. The number of H-pyrrole nitrogens is 1. The van der Waals surface area contributed by atoms with Gasteiger partial charge in [0.1, 0.15) is 5.69 Å². The van der Waals surface area contributed by atoms with Crippen LogP contribution in [0, 0.1) is 0 Å². The molecule has 2 aromatic heterocycles. The molecule has 3 heterocycles. The molecule has 3 N–H and O–H groups in total. The lowest BCUT2D eigenvalue weighted by Crippen LogP contribution is -2.47.